The van der Waals surface area contributed by atoms with Gasteiger partial charge in [0.1, 0.15) is 11.6 Å². The number of aromatic nitrogens is 3. The smallest absolute Gasteiger partial charge is 0.234 e. The highest BCUT2D eigenvalue weighted by molar-refractivity contribution is 9.10. The number of hydrogen-bond donors (Lipinski definition) is 1. The summed E-state index contributed by atoms with van der Waals surface area (Å²) in [7, 11) is 0. The number of thioether (sulfide) groups is 1. The fourth-order valence-electron chi connectivity index (χ4n) is 2.98. The van der Waals surface area contributed by atoms with Crippen molar-refractivity contribution >= 4 is 50.9 Å². The summed E-state index contributed by atoms with van der Waals surface area (Å²) >= 11 is 10.8. The second-order valence-corrected chi connectivity index (χ2v) is 9.26. The second kappa shape index (κ2) is 12.1. The van der Waals surface area contributed by atoms with E-state index in [-0.39, 0.29) is 11.7 Å². The Hall–Kier alpha value is -2.29. The van der Waals surface area contributed by atoms with Gasteiger partial charge in [-0.1, -0.05) is 41.6 Å². The van der Waals surface area contributed by atoms with E-state index in [4.69, 9.17) is 16.3 Å². The topological polar surface area (TPSA) is 69.0 Å². The van der Waals surface area contributed by atoms with Crippen LogP contribution in [0.1, 0.15) is 17.8 Å². The molecule has 0 atom stereocenters. The van der Waals surface area contributed by atoms with Crippen molar-refractivity contribution in [3.05, 3.63) is 76.0 Å². The number of benzene rings is 2. The fraction of sp³-hybridized carbons (Fsp3) is 0.261. The Bertz CT molecular complexity index is 1090. The molecule has 0 aliphatic rings. The Morgan fingerprint density at radius 1 is 1.31 bits per heavy atom. The van der Waals surface area contributed by atoms with Gasteiger partial charge in [0.2, 0.25) is 5.91 Å². The molecule has 6 nitrogen and oxygen atoms in total. The van der Waals surface area contributed by atoms with Gasteiger partial charge in [-0.2, -0.15) is 0 Å². The van der Waals surface area contributed by atoms with Gasteiger partial charge < -0.3 is 14.6 Å². The summed E-state index contributed by atoms with van der Waals surface area (Å²) in [5.41, 5.74) is 1.88. The van der Waals surface area contributed by atoms with Crippen molar-refractivity contribution < 1.29 is 9.53 Å². The molecule has 0 saturated heterocycles. The van der Waals surface area contributed by atoms with Crippen LogP contribution in [0.5, 0.6) is 5.75 Å². The molecule has 9 heteroatoms. The van der Waals surface area contributed by atoms with E-state index in [1.807, 2.05) is 41.8 Å². The lowest BCUT2D eigenvalue weighted by Gasteiger charge is -2.10. The van der Waals surface area contributed by atoms with Crippen LogP contribution in [0, 0.1) is 6.92 Å². The van der Waals surface area contributed by atoms with Crippen LogP contribution in [0.2, 0.25) is 5.02 Å². The van der Waals surface area contributed by atoms with Crippen LogP contribution in [0.15, 0.2) is 64.7 Å². The van der Waals surface area contributed by atoms with Crippen LogP contribution in [0.25, 0.3) is 0 Å². The maximum absolute atomic E-state index is 12.3. The maximum atomic E-state index is 12.3. The number of anilines is 1. The van der Waals surface area contributed by atoms with Gasteiger partial charge in [0, 0.05) is 23.7 Å². The van der Waals surface area contributed by atoms with Gasteiger partial charge in [0.15, 0.2) is 5.16 Å². The van der Waals surface area contributed by atoms with Crippen molar-refractivity contribution in [2.24, 2.45) is 0 Å². The number of rotatable bonds is 11. The number of nitrogens with zero attached hydrogens (tertiary/aromatic N) is 3. The summed E-state index contributed by atoms with van der Waals surface area (Å²) in [5, 5.41) is 12.8. The Morgan fingerprint density at radius 3 is 2.91 bits per heavy atom. The average Bonchev–Trinajstić information content (AvgIpc) is 3.13. The van der Waals surface area contributed by atoms with Crippen molar-refractivity contribution in [3.63, 3.8) is 0 Å². The number of carbonyl (C=O) groups excluding carboxylic acids is 1. The van der Waals surface area contributed by atoms with Gasteiger partial charge in [0.25, 0.3) is 0 Å². The molecule has 0 aliphatic heterocycles. The first-order valence-electron chi connectivity index (χ1n) is 10.1. The van der Waals surface area contributed by atoms with E-state index in [0.29, 0.717) is 29.8 Å². The zero-order valence-corrected chi connectivity index (χ0v) is 20.8. The van der Waals surface area contributed by atoms with Crippen LogP contribution in [0.4, 0.5) is 5.69 Å². The summed E-state index contributed by atoms with van der Waals surface area (Å²) < 4.78 is 8.63. The Morgan fingerprint density at radius 2 is 2.16 bits per heavy atom. The van der Waals surface area contributed by atoms with Gasteiger partial charge in [-0.25, -0.2) is 0 Å². The molecule has 3 aromatic rings. The monoisotopic (exact) mass is 534 g/mol. The van der Waals surface area contributed by atoms with Crippen molar-refractivity contribution in [2.45, 2.75) is 31.5 Å². The molecule has 1 N–H and O–H groups in total. The highest BCUT2D eigenvalue weighted by atomic mass is 79.9. The van der Waals surface area contributed by atoms with Crippen LogP contribution in [-0.4, -0.2) is 33.0 Å². The lowest BCUT2D eigenvalue weighted by Crippen LogP contribution is -2.15. The molecule has 168 valence electrons. The SMILES string of the molecule is C=CCn1c(CCCOc2ccc(Cl)cc2Br)nnc1SCC(=O)Nc1cccc(C)c1. The molecule has 0 fully saturated rings. The third-order valence-electron chi connectivity index (χ3n) is 4.44. The molecule has 0 radical (unpaired) electrons. The first kappa shape index (κ1) is 24.4. The molecule has 0 aliphatic carbocycles. The molecular formula is C23H24BrClN4O2S. The zero-order chi connectivity index (χ0) is 22.9. The molecule has 0 spiro atoms. The van der Waals surface area contributed by atoms with Gasteiger partial charge in [-0.05, 0) is 65.2 Å². The highest BCUT2D eigenvalue weighted by Crippen LogP contribution is 2.28. The van der Waals surface area contributed by atoms with E-state index in [1.165, 1.54) is 11.8 Å². The Kier molecular flexibility index (Phi) is 9.20. The molecule has 0 bridgehead atoms. The van der Waals surface area contributed by atoms with Crippen molar-refractivity contribution in [1.82, 2.24) is 14.8 Å². The molecular weight excluding hydrogens is 512 g/mol. The largest absolute Gasteiger partial charge is 0.492 e. The van der Waals surface area contributed by atoms with Gasteiger partial charge in [-0.3, -0.25) is 4.79 Å². The second-order valence-electron chi connectivity index (χ2n) is 7.03. The molecule has 32 heavy (non-hydrogen) atoms. The van der Waals surface area contributed by atoms with E-state index in [1.54, 1.807) is 18.2 Å². The first-order valence-corrected chi connectivity index (χ1v) is 12.2. The third-order valence-corrected chi connectivity index (χ3v) is 6.26. The molecule has 0 saturated carbocycles. The zero-order valence-electron chi connectivity index (χ0n) is 17.7. The predicted octanol–water partition coefficient (Wildman–Crippen LogP) is 5.93. The van der Waals surface area contributed by atoms with E-state index in [9.17, 15) is 4.79 Å². The van der Waals surface area contributed by atoms with Crippen LogP contribution in [-0.2, 0) is 17.8 Å². The third kappa shape index (κ3) is 7.12. The van der Waals surface area contributed by atoms with Gasteiger partial charge >= 0.3 is 0 Å². The quantitative estimate of drug-likeness (QED) is 0.187. The van der Waals surface area contributed by atoms with Crippen molar-refractivity contribution in [1.29, 1.82) is 0 Å². The van der Waals surface area contributed by atoms with E-state index < -0.39 is 0 Å². The van der Waals surface area contributed by atoms with Crippen molar-refractivity contribution in [3.8, 4) is 5.75 Å². The number of amides is 1. The molecule has 2 aromatic carbocycles. The first-order chi connectivity index (χ1) is 15.5. The summed E-state index contributed by atoms with van der Waals surface area (Å²) in [6.45, 7) is 6.92. The Labute approximate surface area is 205 Å². The lowest BCUT2D eigenvalue weighted by molar-refractivity contribution is -0.113. The minimum absolute atomic E-state index is 0.0859. The number of nitrogens with one attached hydrogen (secondary N) is 1. The summed E-state index contributed by atoms with van der Waals surface area (Å²) in [5.74, 6) is 1.75. The minimum Gasteiger partial charge on any atom is -0.492 e. The normalized spacial score (nSPS) is 10.7. The highest BCUT2D eigenvalue weighted by Gasteiger charge is 2.14. The minimum atomic E-state index is -0.0859. The van der Waals surface area contributed by atoms with Crippen molar-refractivity contribution in [2.75, 3.05) is 17.7 Å². The van der Waals surface area contributed by atoms with Crippen LogP contribution < -0.4 is 10.1 Å². The van der Waals surface area contributed by atoms with E-state index in [2.05, 4.69) is 38.0 Å². The number of halogens is 2. The number of allylic oxidation sites excluding steroid dienone is 1. The van der Waals surface area contributed by atoms with Gasteiger partial charge in [0.05, 0.1) is 16.8 Å². The van der Waals surface area contributed by atoms with Crippen LogP contribution >= 0.6 is 39.3 Å². The number of hydrogen-bond acceptors (Lipinski definition) is 5. The molecule has 3 rings (SSSR count). The molecule has 1 amide bonds. The van der Waals surface area contributed by atoms with Crippen LogP contribution in [0.3, 0.4) is 0 Å². The standard InChI is InChI=1S/C23H24BrClN4O2S/c1-3-11-29-21(8-5-12-31-20-10-9-17(25)14-19(20)24)27-28-23(29)32-15-22(30)26-18-7-4-6-16(2)13-18/h3-4,6-7,9-10,13-14H,1,5,8,11-12,15H2,2H3,(H,26,30). The number of aryl methyl sites for hydroxylation is 2. The number of ether oxygens (including phenoxy) is 1. The summed E-state index contributed by atoms with van der Waals surface area (Å²) in [4.78, 5) is 12.3. The number of carbonyl (C=O) groups is 1. The maximum Gasteiger partial charge on any atom is 0.234 e. The molecule has 1 heterocycles. The van der Waals surface area contributed by atoms with E-state index in [0.717, 1.165) is 33.7 Å². The summed E-state index contributed by atoms with van der Waals surface area (Å²) in [6.07, 6.45) is 3.26. The lowest BCUT2D eigenvalue weighted by atomic mass is 10.2. The Balaban J connectivity index is 1.52. The van der Waals surface area contributed by atoms with E-state index >= 15 is 0 Å². The predicted molar refractivity (Wildman–Crippen MR) is 134 cm³/mol. The van der Waals surface area contributed by atoms with Gasteiger partial charge in [-0.15, -0.1) is 16.8 Å². The summed E-state index contributed by atoms with van der Waals surface area (Å²) in [6, 6.07) is 13.1. The molecule has 1 aromatic heterocycles. The molecule has 0 unspecified atom stereocenters. The average molecular weight is 536 g/mol. The fourth-order valence-corrected chi connectivity index (χ4v) is 4.54.